The number of H-pyrrole nitrogens is 1. The van der Waals surface area contributed by atoms with E-state index in [9.17, 15) is 15.3 Å². The predicted octanol–water partition coefficient (Wildman–Crippen LogP) is 2.38. The molecule has 0 radical (unpaired) electrons. The van der Waals surface area contributed by atoms with E-state index in [1.165, 1.54) is 0 Å². The molecule has 3 rings (SSSR count). The summed E-state index contributed by atoms with van der Waals surface area (Å²) in [7, 11) is 0. The topological polar surface area (TPSA) is 76.5 Å². The van der Waals surface area contributed by atoms with Crippen molar-refractivity contribution in [1.29, 1.82) is 0 Å². The van der Waals surface area contributed by atoms with Gasteiger partial charge in [-0.15, -0.1) is 0 Å². The van der Waals surface area contributed by atoms with Gasteiger partial charge in [0.05, 0.1) is 12.2 Å². The van der Waals surface area contributed by atoms with Crippen molar-refractivity contribution in [1.82, 2.24) is 4.98 Å². The molecule has 0 aliphatic carbocycles. The van der Waals surface area contributed by atoms with Crippen LogP contribution in [0.25, 0.3) is 10.9 Å². The minimum Gasteiger partial charge on any atom is -0.507 e. The number of aromatic amines is 1. The first kappa shape index (κ1) is 14.6. The van der Waals surface area contributed by atoms with Gasteiger partial charge in [0, 0.05) is 29.9 Å². The van der Waals surface area contributed by atoms with Crippen LogP contribution in [0.1, 0.15) is 11.1 Å². The van der Waals surface area contributed by atoms with Crippen molar-refractivity contribution in [2.24, 2.45) is 0 Å². The lowest BCUT2D eigenvalue weighted by Gasteiger charge is -2.18. The van der Waals surface area contributed by atoms with Gasteiger partial charge >= 0.3 is 0 Å². The number of phenolic OH excluding ortho intramolecular Hbond substituents is 1. The Hall–Kier alpha value is -2.30. The van der Waals surface area contributed by atoms with Crippen LogP contribution in [0, 0.1) is 0 Å². The van der Waals surface area contributed by atoms with Crippen LogP contribution in [0.2, 0.25) is 0 Å². The first-order chi connectivity index (χ1) is 10.6. The van der Waals surface area contributed by atoms with E-state index in [0.29, 0.717) is 12.0 Å². The number of phenols is 1. The lowest BCUT2D eigenvalue weighted by atomic mass is 9.97. The first-order valence-corrected chi connectivity index (χ1v) is 7.33. The zero-order valence-electron chi connectivity index (χ0n) is 12.1. The van der Waals surface area contributed by atoms with Crippen LogP contribution in [0.15, 0.2) is 54.7 Å². The third kappa shape index (κ3) is 2.98. The average molecular weight is 297 g/mol. The standard InChI is InChI=1S/C18H19NO3/c20-16(10-12-4-2-1-3-5-12)17(21)11-13-6-7-15-14(18(13)22)8-9-19-15/h1-9,16-17,19-22H,10-11H2. The number of aromatic hydroxyl groups is 1. The monoisotopic (exact) mass is 297 g/mol. The van der Waals surface area contributed by atoms with Gasteiger partial charge in [0.2, 0.25) is 0 Å². The molecule has 0 spiro atoms. The highest BCUT2D eigenvalue weighted by atomic mass is 16.3. The van der Waals surface area contributed by atoms with Gasteiger partial charge < -0.3 is 20.3 Å². The summed E-state index contributed by atoms with van der Waals surface area (Å²) in [6.07, 6.45) is 0.552. The lowest BCUT2D eigenvalue weighted by Crippen LogP contribution is -2.30. The molecule has 2 atom stereocenters. The number of aliphatic hydroxyl groups is 2. The quantitative estimate of drug-likeness (QED) is 0.584. The van der Waals surface area contributed by atoms with Crippen molar-refractivity contribution >= 4 is 10.9 Å². The number of rotatable bonds is 5. The molecule has 22 heavy (non-hydrogen) atoms. The van der Waals surface area contributed by atoms with Crippen molar-refractivity contribution in [3.8, 4) is 5.75 Å². The number of nitrogens with one attached hydrogen (secondary N) is 1. The van der Waals surface area contributed by atoms with Crippen molar-refractivity contribution in [3.05, 3.63) is 65.9 Å². The van der Waals surface area contributed by atoms with E-state index in [-0.39, 0.29) is 12.2 Å². The Kier molecular flexibility index (Phi) is 4.13. The second kappa shape index (κ2) is 6.22. The van der Waals surface area contributed by atoms with Crippen LogP contribution >= 0.6 is 0 Å². The summed E-state index contributed by atoms with van der Waals surface area (Å²) in [5.41, 5.74) is 2.45. The zero-order valence-corrected chi connectivity index (χ0v) is 12.1. The third-order valence-corrected chi connectivity index (χ3v) is 3.95. The van der Waals surface area contributed by atoms with Gasteiger partial charge in [0.1, 0.15) is 5.75 Å². The summed E-state index contributed by atoms with van der Waals surface area (Å²) in [6.45, 7) is 0. The lowest BCUT2D eigenvalue weighted by molar-refractivity contribution is 0.0203. The van der Waals surface area contributed by atoms with Crippen LogP contribution in [0.5, 0.6) is 5.75 Å². The minimum absolute atomic E-state index is 0.157. The fourth-order valence-electron chi connectivity index (χ4n) is 2.68. The molecule has 0 aliphatic rings. The minimum atomic E-state index is -0.928. The molecule has 0 saturated heterocycles. The summed E-state index contributed by atoms with van der Waals surface area (Å²) >= 11 is 0. The summed E-state index contributed by atoms with van der Waals surface area (Å²) in [5, 5.41) is 31.3. The number of benzene rings is 2. The molecule has 0 saturated carbocycles. The average Bonchev–Trinajstić information content (AvgIpc) is 3.00. The van der Waals surface area contributed by atoms with E-state index >= 15 is 0 Å². The van der Waals surface area contributed by atoms with Gasteiger partial charge in [-0.05, 0) is 23.3 Å². The Morgan fingerprint density at radius 1 is 0.864 bits per heavy atom. The van der Waals surface area contributed by atoms with Gasteiger partial charge in [0.15, 0.2) is 0 Å². The maximum Gasteiger partial charge on any atom is 0.128 e. The molecule has 114 valence electrons. The summed E-state index contributed by atoms with van der Waals surface area (Å²) in [5.74, 6) is 0.157. The Bertz CT molecular complexity index is 751. The molecule has 1 aromatic heterocycles. The van der Waals surface area contributed by atoms with E-state index < -0.39 is 12.2 Å². The molecule has 4 N–H and O–H groups in total. The molecule has 1 heterocycles. The molecule has 0 fully saturated rings. The second-order valence-electron chi connectivity index (χ2n) is 5.54. The van der Waals surface area contributed by atoms with Crippen molar-refractivity contribution in [2.75, 3.05) is 0 Å². The van der Waals surface area contributed by atoms with Crippen LogP contribution in [-0.4, -0.2) is 32.5 Å². The molecular formula is C18H19NO3. The molecule has 2 aromatic carbocycles. The highest BCUT2D eigenvalue weighted by Gasteiger charge is 2.19. The van der Waals surface area contributed by atoms with Crippen molar-refractivity contribution in [3.63, 3.8) is 0 Å². The molecule has 3 aromatic rings. The number of hydrogen-bond donors (Lipinski definition) is 4. The van der Waals surface area contributed by atoms with Gasteiger partial charge in [0.25, 0.3) is 0 Å². The van der Waals surface area contributed by atoms with Crippen LogP contribution in [-0.2, 0) is 12.8 Å². The van der Waals surface area contributed by atoms with E-state index in [1.54, 1.807) is 18.3 Å². The first-order valence-electron chi connectivity index (χ1n) is 7.33. The fourth-order valence-corrected chi connectivity index (χ4v) is 2.68. The SMILES string of the molecule is Oc1c(CC(O)C(O)Cc2ccccc2)ccc2[nH]ccc12. The van der Waals surface area contributed by atoms with Crippen LogP contribution in [0.3, 0.4) is 0 Å². The third-order valence-electron chi connectivity index (χ3n) is 3.95. The molecule has 0 amide bonds. The van der Waals surface area contributed by atoms with E-state index in [4.69, 9.17) is 0 Å². The largest absolute Gasteiger partial charge is 0.507 e. The molecule has 2 unspecified atom stereocenters. The van der Waals surface area contributed by atoms with Crippen LogP contribution in [0.4, 0.5) is 0 Å². The normalized spacial score (nSPS) is 14.1. The Morgan fingerprint density at radius 2 is 1.59 bits per heavy atom. The van der Waals surface area contributed by atoms with E-state index in [1.807, 2.05) is 36.4 Å². The number of fused-ring (bicyclic) bond motifs is 1. The zero-order chi connectivity index (χ0) is 15.5. The van der Waals surface area contributed by atoms with Crippen molar-refractivity contribution in [2.45, 2.75) is 25.0 Å². The molecule has 0 aliphatic heterocycles. The molecule has 4 nitrogen and oxygen atoms in total. The maximum absolute atomic E-state index is 10.2. The van der Waals surface area contributed by atoms with Gasteiger partial charge in [-0.1, -0.05) is 36.4 Å². The molecular weight excluding hydrogens is 278 g/mol. The van der Waals surface area contributed by atoms with Gasteiger partial charge in [-0.3, -0.25) is 0 Å². The number of hydrogen-bond acceptors (Lipinski definition) is 3. The van der Waals surface area contributed by atoms with Crippen molar-refractivity contribution < 1.29 is 15.3 Å². The molecule has 4 heteroatoms. The van der Waals surface area contributed by atoms with Crippen LogP contribution < -0.4 is 0 Å². The maximum atomic E-state index is 10.2. The van der Waals surface area contributed by atoms with E-state index in [2.05, 4.69) is 4.98 Å². The number of aliphatic hydroxyl groups excluding tert-OH is 2. The van der Waals surface area contributed by atoms with Gasteiger partial charge in [-0.2, -0.15) is 0 Å². The van der Waals surface area contributed by atoms with E-state index in [0.717, 1.165) is 16.5 Å². The highest BCUT2D eigenvalue weighted by molar-refractivity contribution is 5.86. The van der Waals surface area contributed by atoms with Gasteiger partial charge in [-0.25, -0.2) is 0 Å². The highest BCUT2D eigenvalue weighted by Crippen LogP contribution is 2.29. The summed E-state index contributed by atoms with van der Waals surface area (Å²) in [4.78, 5) is 3.02. The fraction of sp³-hybridized carbons (Fsp3) is 0.222. The number of aromatic nitrogens is 1. The molecule has 0 bridgehead atoms. The summed E-state index contributed by atoms with van der Waals surface area (Å²) < 4.78 is 0. The summed E-state index contributed by atoms with van der Waals surface area (Å²) in [6, 6.07) is 15.0. The second-order valence-corrected chi connectivity index (χ2v) is 5.54. The Morgan fingerprint density at radius 3 is 2.36 bits per heavy atom. The Labute approximate surface area is 128 Å². The smallest absolute Gasteiger partial charge is 0.128 e. The Balaban J connectivity index is 1.72. The predicted molar refractivity (Wildman–Crippen MR) is 85.8 cm³/mol.